The van der Waals surface area contributed by atoms with Gasteiger partial charge in [-0.25, -0.2) is 0 Å². The molecule has 0 aliphatic carbocycles. The number of rotatable bonds is 4. The molecule has 0 radical (unpaired) electrons. The van der Waals surface area contributed by atoms with Crippen LogP contribution in [0.1, 0.15) is 0 Å². The lowest BCUT2D eigenvalue weighted by atomic mass is 10.3. The van der Waals surface area contributed by atoms with E-state index in [2.05, 4.69) is 5.32 Å². The summed E-state index contributed by atoms with van der Waals surface area (Å²) in [6.45, 7) is -0.294. The second-order valence-corrected chi connectivity index (χ2v) is 2.42. The van der Waals surface area contributed by atoms with E-state index in [0.29, 0.717) is 0 Å². The summed E-state index contributed by atoms with van der Waals surface area (Å²) in [7, 11) is 1.54. The molecule has 0 heterocycles. The summed E-state index contributed by atoms with van der Waals surface area (Å²) in [5.74, 6) is -2.04. The van der Waals surface area contributed by atoms with Gasteiger partial charge in [0.25, 0.3) is 0 Å². The molecule has 13 heavy (non-hydrogen) atoms. The first-order valence-electron chi connectivity index (χ1n) is 3.55. The smallest absolute Gasteiger partial charge is 0.390 e. The zero-order chi connectivity index (χ0) is 10.5. The Kier molecular flexibility index (Phi) is 4.71. The average Bonchev–Trinajstić information content (AvgIpc) is 1.99. The Hall–Kier alpha value is -0.820. The third kappa shape index (κ3) is 5.42. The van der Waals surface area contributed by atoms with Crippen molar-refractivity contribution in [3.63, 3.8) is 0 Å². The maximum atomic E-state index is 11.6. The van der Waals surface area contributed by atoms with Gasteiger partial charge in [0.05, 0.1) is 6.10 Å². The van der Waals surface area contributed by atoms with Crippen molar-refractivity contribution < 1.29 is 23.1 Å². The molecule has 4 nitrogen and oxygen atoms in total. The Balaban J connectivity index is 3.71. The van der Waals surface area contributed by atoms with Crippen LogP contribution in [0.15, 0.2) is 0 Å². The second kappa shape index (κ2) is 5.03. The van der Waals surface area contributed by atoms with Gasteiger partial charge in [0.2, 0.25) is 0 Å². The van der Waals surface area contributed by atoms with Gasteiger partial charge in [0.15, 0.2) is 0 Å². The predicted octanol–water partition coefficient (Wildman–Crippen LogP) is -0.755. The third-order valence-corrected chi connectivity index (χ3v) is 1.20. The Morgan fingerprint density at radius 2 is 2.00 bits per heavy atom. The molecular formula is C6H11F3N2O2. The summed E-state index contributed by atoms with van der Waals surface area (Å²) >= 11 is 0. The van der Waals surface area contributed by atoms with E-state index < -0.39 is 24.7 Å². The molecule has 0 spiro atoms. The summed E-state index contributed by atoms with van der Waals surface area (Å²) in [5, 5.41) is 13.0. The van der Waals surface area contributed by atoms with Gasteiger partial charge in [-0.1, -0.05) is 0 Å². The summed E-state index contributed by atoms with van der Waals surface area (Å²) in [6, 6.07) is 0. The highest BCUT2D eigenvalue weighted by Crippen LogP contribution is 2.13. The second-order valence-electron chi connectivity index (χ2n) is 2.42. The van der Waals surface area contributed by atoms with E-state index in [1.807, 2.05) is 0 Å². The monoisotopic (exact) mass is 200 g/mol. The van der Waals surface area contributed by atoms with Gasteiger partial charge in [-0.15, -0.1) is 0 Å². The van der Waals surface area contributed by atoms with Gasteiger partial charge in [-0.05, 0) is 7.05 Å². The van der Waals surface area contributed by atoms with Crippen LogP contribution >= 0.6 is 0 Å². The van der Waals surface area contributed by atoms with Crippen LogP contribution in [0.4, 0.5) is 13.2 Å². The maximum Gasteiger partial charge on any atom is 0.471 e. The van der Waals surface area contributed by atoms with E-state index in [9.17, 15) is 18.0 Å². The van der Waals surface area contributed by atoms with Crippen molar-refractivity contribution in [3.8, 4) is 0 Å². The molecule has 0 aliphatic heterocycles. The lowest BCUT2D eigenvalue weighted by molar-refractivity contribution is -0.173. The number of carbonyl (C=O) groups excluding carboxylic acids is 1. The number of carbonyl (C=O) groups is 1. The van der Waals surface area contributed by atoms with E-state index in [-0.39, 0.29) is 6.54 Å². The fraction of sp³-hybridized carbons (Fsp3) is 0.833. The number of halogens is 3. The minimum absolute atomic E-state index is 0.123. The van der Waals surface area contributed by atoms with Gasteiger partial charge < -0.3 is 15.7 Å². The Morgan fingerprint density at radius 1 is 1.46 bits per heavy atom. The van der Waals surface area contributed by atoms with Crippen LogP contribution in [-0.2, 0) is 4.79 Å². The van der Waals surface area contributed by atoms with Crippen molar-refractivity contribution >= 4 is 5.91 Å². The van der Waals surface area contributed by atoms with Crippen molar-refractivity contribution in [1.29, 1.82) is 0 Å². The van der Waals surface area contributed by atoms with Crippen LogP contribution in [0.5, 0.6) is 0 Å². The van der Waals surface area contributed by atoms with E-state index in [4.69, 9.17) is 5.11 Å². The van der Waals surface area contributed by atoms with Crippen molar-refractivity contribution in [2.75, 3.05) is 20.1 Å². The summed E-state index contributed by atoms with van der Waals surface area (Å²) in [6.07, 6.45) is -5.91. The largest absolute Gasteiger partial charge is 0.471 e. The Labute approximate surface area is 73.1 Å². The highest BCUT2D eigenvalue weighted by Gasteiger charge is 2.38. The van der Waals surface area contributed by atoms with Crippen LogP contribution in [-0.4, -0.2) is 43.4 Å². The molecule has 0 fully saturated rings. The number of aliphatic hydroxyl groups is 1. The molecule has 1 unspecified atom stereocenters. The number of alkyl halides is 3. The molecule has 0 aromatic heterocycles. The van der Waals surface area contributed by atoms with E-state index in [1.54, 1.807) is 5.32 Å². The first-order chi connectivity index (χ1) is 5.88. The van der Waals surface area contributed by atoms with Gasteiger partial charge in [-0.2, -0.15) is 13.2 Å². The number of hydrogen-bond donors (Lipinski definition) is 3. The molecular weight excluding hydrogens is 189 g/mol. The average molecular weight is 200 g/mol. The number of likely N-dealkylation sites (N-methyl/N-ethyl adjacent to an activating group) is 1. The molecule has 78 valence electrons. The topological polar surface area (TPSA) is 61.4 Å². The molecule has 1 amide bonds. The Morgan fingerprint density at radius 3 is 2.38 bits per heavy atom. The third-order valence-electron chi connectivity index (χ3n) is 1.20. The van der Waals surface area contributed by atoms with Crippen LogP contribution in [0.3, 0.4) is 0 Å². The zero-order valence-electron chi connectivity index (χ0n) is 6.98. The minimum atomic E-state index is -4.89. The fourth-order valence-electron chi connectivity index (χ4n) is 0.619. The van der Waals surface area contributed by atoms with E-state index in [1.165, 1.54) is 7.05 Å². The van der Waals surface area contributed by atoms with Crippen LogP contribution < -0.4 is 10.6 Å². The molecule has 7 heteroatoms. The molecule has 1 atom stereocenters. The molecule has 0 saturated carbocycles. The molecule has 0 bridgehead atoms. The lowest BCUT2D eigenvalue weighted by Gasteiger charge is -2.12. The van der Waals surface area contributed by atoms with Gasteiger partial charge in [0, 0.05) is 13.1 Å². The quantitative estimate of drug-likeness (QED) is 0.559. The van der Waals surface area contributed by atoms with Crippen LogP contribution in [0.25, 0.3) is 0 Å². The first kappa shape index (κ1) is 12.2. The van der Waals surface area contributed by atoms with Gasteiger partial charge >= 0.3 is 12.1 Å². The Bertz CT molecular complexity index is 172. The van der Waals surface area contributed by atoms with E-state index >= 15 is 0 Å². The molecule has 0 saturated heterocycles. The van der Waals surface area contributed by atoms with Gasteiger partial charge in [-0.3, -0.25) is 4.79 Å². The lowest BCUT2D eigenvalue weighted by Crippen LogP contribution is -2.43. The SMILES string of the molecule is CNCC(O)CNC(=O)C(F)(F)F. The summed E-state index contributed by atoms with van der Waals surface area (Å²) < 4.78 is 34.7. The van der Waals surface area contributed by atoms with Crippen molar-refractivity contribution in [2.24, 2.45) is 0 Å². The molecule has 0 aliphatic rings. The maximum absolute atomic E-state index is 11.6. The van der Waals surface area contributed by atoms with Crippen molar-refractivity contribution in [1.82, 2.24) is 10.6 Å². The number of amides is 1. The van der Waals surface area contributed by atoms with Crippen molar-refractivity contribution in [3.05, 3.63) is 0 Å². The number of aliphatic hydroxyl groups excluding tert-OH is 1. The van der Waals surface area contributed by atoms with Crippen LogP contribution in [0, 0.1) is 0 Å². The zero-order valence-corrected chi connectivity index (χ0v) is 6.98. The highest BCUT2D eigenvalue weighted by atomic mass is 19.4. The van der Waals surface area contributed by atoms with Gasteiger partial charge in [0.1, 0.15) is 0 Å². The number of nitrogens with one attached hydrogen (secondary N) is 2. The normalized spacial score (nSPS) is 13.9. The highest BCUT2D eigenvalue weighted by molar-refractivity contribution is 5.81. The fourth-order valence-corrected chi connectivity index (χ4v) is 0.619. The molecule has 0 aromatic carbocycles. The number of hydrogen-bond acceptors (Lipinski definition) is 3. The summed E-state index contributed by atoms with van der Waals surface area (Å²) in [5.41, 5.74) is 0. The molecule has 0 aromatic rings. The van der Waals surface area contributed by atoms with Crippen LogP contribution in [0.2, 0.25) is 0 Å². The van der Waals surface area contributed by atoms with Crippen molar-refractivity contribution in [2.45, 2.75) is 12.3 Å². The standard InChI is InChI=1S/C6H11F3N2O2/c1-10-2-4(12)3-11-5(13)6(7,8)9/h4,10,12H,2-3H2,1H3,(H,11,13). The molecule has 3 N–H and O–H groups in total. The van der Waals surface area contributed by atoms with E-state index in [0.717, 1.165) is 0 Å². The first-order valence-corrected chi connectivity index (χ1v) is 3.55. The minimum Gasteiger partial charge on any atom is -0.390 e. The molecule has 0 rings (SSSR count). The summed E-state index contributed by atoms with van der Waals surface area (Å²) in [4.78, 5) is 10.2. The predicted molar refractivity (Wildman–Crippen MR) is 39.0 cm³/mol.